The van der Waals surface area contributed by atoms with Crippen LogP contribution in [-0.4, -0.2) is 47.8 Å². The molecular formula is C20H34N2O2. The maximum Gasteiger partial charge on any atom is 0.222 e. The summed E-state index contributed by atoms with van der Waals surface area (Å²) in [6, 6.07) is 0. The molecule has 2 saturated heterocycles. The summed E-state index contributed by atoms with van der Waals surface area (Å²) >= 11 is 0. The number of likely N-dealkylation sites (tertiary alicyclic amines) is 2. The first-order chi connectivity index (χ1) is 11.5. The minimum atomic E-state index is 0.336. The molecule has 3 aliphatic rings. The Bertz CT molecular complexity index is 464. The average molecular weight is 335 g/mol. The molecule has 0 bridgehead atoms. The summed E-state index contributed by atoms with van der Waals surface area (Å²) in [5, 5.41) is 0. The minimum absolute atomic E-state index is 0.336. The Morgan fingerprint density at radius 1 is 1.00 bits per heavy atom. The zero-order chi connectivity index (χ0) is 17.2. The molecule has 2 heterocycles. The lowest BCUT2D eigenvalue weighted by atomic mass is 9.62. The highest BCUT2D eigenvalue weighted by atomic mass is 16.2. The van der Waals surface area contributed by atoms with Crippen molar-refractivity contribution < 1.29 is 9.59 Å². The van der Waals surface area contributed by atoms with Crippen molar-refractivity contribution in [3.05, 3.63) is 0 Å². The van der Waals surface area contributed by atoms with E-state index in [-0.39, 0.29) is 0 Å². The number of nitrogens with zero attached hydrogens (tertiary/aromatic N) is 2. The number of carbonyl (C=O) groups excluding carboxylic acids is 2. The van der Waals surface area contributed by atoms with Crippen LogP contribution in [0.1, 0.15) is 71.6 Å². The lowest BCUT2D eigenvalue weighted by Crippen LogP contribution is -2.39. The van der Waals surface area contributed by atoms with E-state index in [2.05, 4.69) is 18.7 Å². The highest BCUT2D eigenvalue weighted by Crippen LogP contribution is 2.53. The molecule has 0 aromatic rings. The van der Waals surface area contributed by atoms with Crippen LogP contribution in [0.25, 0.3) is 0 Å². The SMILES string of the molecule is CC(C)CCC(=O)N1CC(CCC(=O)N2CCCC2)C2(CCC2)C1. The van der Waals surface area contributed by atoms with E-state index >= 15 is 0 Å². The zero-order valence-corrected chi connectivity index (χ0v) is 15.6. The van der Waals surface area contributed by atoms with Crippen LogP contribution in [-0.2, 0) is 9.59 Å². The van der Waals surface area contributed by atoms with Crippen LogP contribution >= 0.6 is 0 Å². The zero-order valence-electron chi connectivity index (χ0n) is 15.6. The third kappa shape index (κ3) is 3.78. The molecule has 136 valence electrons. The van der Waals surface area contributed by atoms with E-state index in [1.807, 2.05) is 4.90 Å². The van der Waals surface area contributed by atoms with Gasteiger partial charge in [0.2, 0.25) is 11.8 Å². The lowest BCUT2D eigenvalue weighted by molar-refractivity contribution is -0.131. The number of hydrogen-bond donors (Lipinski definition) is 0. The van der Waals surface area contributed by atoms with Crippen molar-refractivity contribution in [1.82, 2.24) is 9.80 Å². The van der Waals surface area contributed by atoms with Crippen LogP contribution in [0.3, 0.4) is 0 Å². The Labute approximate surface area is 146 Å². The van der Waals surface area contributed by atoms with Crippen LogP contribution in [0.5, 0.6) is 0 Å². The van der Waals surface area contributed by atoms with Crippen molar-refractivity contribution in [2.24, 2.45) is 17.3 Å². The summed E-state index contributed by atoms with van der Waals surface area (Å²) in [5.41, 5.74) is 0.346. The van der Waals surface area contributed by atoms with Crippen LogP contribution in [0.15, 0.2) is 0 Å². The molecule has 1 aliphatic carbocycles. The van der Waals surface area contributed by atoms with Gasteiger partial charge in [0.25, 0.3) is 0 Å². The Kier molecular flexibility index (Phi) is 5.51. The van der Waals surface area contributed by atoms with Crippen LogP contribution in [0, 0.1) is 17.3 Å². The summed E-state index contributed by atoms with van der Waals surface area (Å²) < 4.78 is 0. The van der Waals surface area contributed by atoms with Gasteiger partial charge in [-0.2, -0.15) is 0 Å². The molecule has 24 heavy (non-hydrogen) atoms. The summed E-state index contributed by atoms with van der Waals surface area (Å²) in [6.45, 7) is 8.11. The van der Waals surface area contributed by atoms with E-state index in [9.17, 15) is 9.59 Å². The summed E-state index contributed by atoms with van der Waals surface area (Å²) in [7, 11) is 0. The number of carbonyl (C=O) groups is 2. The predicted molar refractivity (Wildman–Crippen MR) is 95.5 cm³/mol. The Balaban J connectivity index is 1.52. The van der Waals surface area contributed by atoms with Crippen LogP contribution in [0.4, 0.5) is 0 Å². The molecule has 0 N–H and O–H groups in total. The Hall–Kier alpha value is -1.06. The second kappa shape index (κ2) is 7.45. The van der Waals surface area contributed by atoms with Gasteiger partial charge in [0, 0.05) is 39.0 Å². The maximum atomic E-state index is 12.5. The fourth-order valence-electron chi connectivity index (χ4n) is 4.81. The van der Waals surface area contributed by atoms with E-state index < -0.39 is 0 Å². The molecule has 1 spiro atoms. The molecule has 0 aromatic carbocycles. The topological polar surface area (TPSA) is 40.6 Å². The molecule has 1 saturated carbocycles. The monoisotopic (exact) mass is 334 g/mol. The molecule has 3 rings (SSSR count). The van der Waals surface area contributed by atoms with Gasteiger partial charge in [-0.25, -0.2) is 0 Å². The van der Waals surface area contributed by atoms with E-state index in [4.69, 9.17) is 0 Å². The quantitative estimate of drug-likeness (QED) is 0.746. The van der Waals surface area contributed by atoms with Gasteiger partial charge in [-0.3, -0.25) is 9.59 Å². The first-order valence-electron chi connectivity index (χ1n) is 10.1. The fourth-order valence-corrected chi connectivity index (χ4v) is 4.81. The molecule has 2 aliphatic heterocycles. The van der Waals surface area contributed by atoms with Gasteiger partial charge in [-0.1, -0.05) is 20.3 Å². The van der Waals surface area contributed by atoms with Gasteiger partial charge >= 0.3 is 0 Å². The molecule has 4 heteroatoms. The third-order valence-electron chi connectivity index (χ3n) is 6.62. The van der Waals surface area contributed by atoms with E-state index in [1.54, 1.807) is 0 Å². The first kappa shape index (κ1) is 17.8. The molecule has 3 fully saturated rings. The standard InChI is InChI=1S/C20H34N2O2/c1-16(2)6-8-19(24)22-14-17(20(15-22)10-5-11-20)7-9-18(23)21-12-3-4-13-21/h16-17H,3-15H2,1-2H3. The van der Waals surface area contributed by atoms with E-state index in [1.165, 1.54) is 19.3 Å². The van der Waals surface area contributed by atoms with Crippen molar-refractivity contribution in [1.29, 1.82) is 0 Å². The third-order valence-corrected chi connectivity index (χ3v) is 6.62. The van der Waals surface area contributed by atoms with Gasteiger partial charge in [-0.15, -0.1) is 0 Å². The summed E-state index contributed by atoms with van der Waals surface area (Å²) in [6.07, 6.45) is 9.46. The molecule has 2 amide bonds. The van der Waals surface area contributed by atoms with Crippen molar-refractivity contribution >= 4 is 11.8 Å². The van der Waals surface area contributed by atoms with Crippen molar-refractivity contribution in [3.8, 4) is 0 Å². The minimum Gasteiger partial charge on any atom is -0.343 e. The number of hydrogen-bond acceptors (Lipinski definition) is 2. The van der Waals surface area contributed by atoms with Crippen molar-refractivity contribution in [2.45, 2.75) is 71.6 Å². The lowest BCUT2D eigenvalue weighted by Gasteiger charge is -2.43. The smallest absolute Gasteiger partial charge is 0.222 e. The maximum absolute atomic E-state index is 12.5. The highest BCUT2D eigenvalue weighted by Gasteiger charge is 2.50. The van der Waals surface area contributed by atoms with Crippen molar-refractivity contribution in [2.75, 3.05) is 26.2 Å². The molecule has 0 radical (unpaired) electrons. The van der Waals surface area contributed by atoms with Gasteiger partial charge < -0.3 is 9.80 Å². The molecule has 4 nitrogen and oxygen atoms in total. The number of amides is 2. The molecule has 0 aromatic heterocycles. The van der Waals surface area contributed by atoms with Crippen LogP contribution in [0.2, 0.25) is 0 Å². The Morgan fingerprint density at radius 2 is 1.67 bits per heavy atom. The summed E-state index contributed by atoms with van der Waals surface area (Å²) in [4.78, 5) is 29.0. The van der Waals surface area contributed by atoms with Crippen LogP contribution < -0.4 is 0 Å². The first-order valence-corrected chi connectivity index (χ1v) is 10.1. The summed E-state index contributed by atoms with van der Waals surface area (Å²) in [5.74, 6) is 1.80. The second-order valence-corrected chi connectivity index (χ2v) is 8.75. The Morgan fingerprint density at radius 3 is 2.25 bits per heavy atom. The number of rotatable bonds is 6. The average Bonchev–Trinajstić information content (AvgIpc) is 3.16. The highest BCUT2D eigenvalue weighted by molar-refractivity contribution is 5.77. The van der Waals surface area contributed by atoms with Gasteiger partial charge in [0.05, 0.1) is 0 Å². The normalized spacial score (nSPS) is 25.5. The van der Waals surface area contributed by atoms with E-state index in [0.29, 0.717) is 41.9 Å². The van der Waals surface area contributed by atoms with Crippen molar-refractivity contribution in [3.63, 3.8) is 0 Å². The predicted octanol–water partition coefficient (Wildman–Crippen LogP) is 3.45. The van der Waals surface area contributed by atoms with Gasteiger partial charge in [0.15, 0.2) is 0 Å². The largest absolute Gasteiger partial charge is 0.343 e. The second-order valence-electron chi connectivity index (χ2n) is 8.75. The van der Waals surface area contributed by atoms with Gasteiger partial charge in [-0.05, 0) is 55.8 Å². The van der Waals surface area contributed by atoms with E-state index in [0.717, 1.165) is 51.9 Å². The fraction of sp³-hybridized carbons (Fsp3) is 0.900. The molecule has 1 unspecified atom stereocenters. The molecular weight excluding hydrogens is 300 g/mol. The van der Waals surface area contributed by atoms with Gasteiger partial charge in [0.1, 0.15) is 0 Å². The molecule has 1 atom stereocenters.